The fraction of sp³-hybridized carbons (Fsp3) is 0.286. The Labute approximate surface area is 168 Å². The smallest absolute Gasteiger partial charge is 0.221 e. The second-order valence-corrected chi connectivity index (χ2v) is 10.2. The highest BCUT2D eigenvalue weighted by molar-refractivity contribution is 7.92. The van der Waals surface area contributed by atoms with Crippen molar-refractivity contribution in [2.75, 3.05) is 20.2 Å². The van der Waals surface area contributed by atoms with Crippen molar-refractivity contribution in [1.29, 1.82) is 0 Å². The molecule has 2 atom stereocenters. The van der Waals surface area contributed by atoms with Gasteiger partial charge in [0.25, 0.3) is 0 Å². The third-order valence-electron chi connectivity index (χ3n) is 5.72. The molecule has 0 spiro atoms. The molecule has 0 N–H and O–H groups in total. The molecule has 0 unspecified atom stereocenters. The molecule has 0 bridgehead atoms. The highest BCUT2D eigenvalue weighted by atomic mass is 32.2. The molecule has 1 aromatic carbocycles. The van der Waals surface area contributed by atoms with Crippen molar-refractivity contribution in [3.05, 3.63) is 64.5 Å². The zero-order valence-electron chi connectivity index (χ0n) is 15.4. The van der Waals surface area contributed by atoms with E-state index in [1.165, 1.54) is 5.56 Å². The van der Waals surface area contributed by atoms with Gasteiger partial charge in [-0.1, -0.05) is 6.07 Å². The average Bonchev–Trinajstić information content (AvgIpc) is 3.41. The van der Waals surface area contributed by atoms with Gasteiger partial charge in [-0.05, 0) is 57.8 Å². The van der Waals surface area contributed by atoms with Crippen molar-refractivity contribution in [2.45, 2.75) is 22.6 Å². The molecule has 144 valence electrons. The van der Waals surface area contributed by atoms with Gasteiger partial charge in [-0.25, -0.2) is 13.4 Å². The second kappa shape index (κ2) is 6.69. The second-order valence-electron chi connectivity index (χ2n) is 7.33. The Balaban J connectivity index is 1.52. The Hall–Kier alpha value is -2.22. The Bertz CT molecular complexity index is 1130. The fourth-order valence-electron chi connectivity index (χ4n) is 4.44. The summed E-state index contributed by atoms with van der Waals surface area (Å²) in [6.45, 7) is 2.15. The lowest BCUT2D eigenvalue weighted by molar-refractivity contribution is 0.326. The van der Waals surface area contributed by atoms with E-state index < -0.39 is 9.84 Å². The first-order valence-electron chi connectivity index (χ1n) is 9.18. The first-order chi connectivity index (χ1) is 13.6. The van der Waals surface area contributed by atoms with Crippen LogP contribution in [0.4, 0.5) is 0 Å². The van der Waals surface area contributed by atoms with E-state index in [-0.39, 0.29) is 11.2 Å². The number of aromatic nitrogens is 1. The Morgan fingerprint density at radius 3 is 2.93 bits per heavy atom. The van der Waals surface area contributed by atoms with Gasteiger partial charge in [-0.15, -0.1) is 0 Å². The molecule has 0 saturated carbocycles. The predicted octanol–water partition coefficient (Wildman–Crippen LogP) is 3.57. The van der Waals surface area contributed by atoms with Crippen molar-refractivity contribution in [2.24, 2.45) is 0 Å². The molecule has 2 aliphatic heterocycles. The van der Waals surface area contributed by atoms with Gasteiger partial charge in [-0.2, -0.15) is 11.3 Å². The largest absolute Gasteiger partial charge is 0.481 e. The van der Waals surface area contributed by atoms with Gasteiger partial charge in [-0.3, -0.25) is 4.90 Å². The number of nitrogens with zero attached hydrogens (tertiary/aromatic N) is 2. The third kappa shape index (κ3) is 2.77. The van der Waals surface area contributed by atoms with Crippen LogP contribution in [0, 0.1) is 0 Å². The number of sulfone groups is 1. The first-order valence-corrected chi connectivity index (χ1v) is 11.7. The van der Waals surface area contributed by atoms with E-state index in [4.69, 9.17) is 4.74 Å². The van der Waals surface area contributed by atoms with Gasteiger partial charge >= 0.3 is 0 Å². The molecule has 28 heavy (non-hydrogen) atoms. The van der Waals surface area contributed by atoms with E-state index in [0.29, 0.717) is 17.3 Å². The number of rotatable bonds is 4. The summed E-state index contributed by atoms with van der Waals surface area (Å²) in [6, 6.07) is 11.6. The molecular weight excluding hydrogens is 392 g/mol. The maximum absolute atomic E-state index is 13.1. The van der Waals surface area contributed by atoms with Crippen LogP contribution in [0.1, 0.15) is 17.0 Å². The molecule has 2 aromatic heterocycles. The number of pyridine rings is 1. The summed E-state index contributed by atoms with van der Waals surface area (Å²) in [5.41, 5.74) is 4.00. The van der Waals surface area contributed by atoms with Crippen molar-refractivity contribution in [3.63, 3.8) is 0 Å². The number of likely N-dealkylation sites (tertiary alicyclic amines) is 1. The lowest BCUT2D eigenvalue weighted by Gasteiger charge is -2.17. The summed E-state index contributed by atoms with van der Waals surface area (Å²) in [6.07, 6.45) is 1.69. The summed E-state index contributed by atoms with van der Waals surface area (Å²) in [7, 11) is -1.70. The highest BCUT2D eigenvalue weighted by Crippen LogP contribution is 2.46. The van der Waals surface area contributed by atoms with Crippen LogP contribution in [-0.4, -0.2) is 43.8 Å². The van der Waals surface area contributed by atoms with Crippen molar-refractivity contribution >= 4 is 21.2 Å². The molecule has 2 aliphatic rings. The zero-order chi connectivity index (χ0) is 19.3. The van der Waals surface area contributed by atoms with Crippen LogP contribution in [0.25, 0.3) is 11.1 Å². The molecule has 5 rings (SSSR count). The number of hydrogen-bond donors (Lipinski definition) is 0. The molecule has 0 amide bonds. The number of methoxy groups -OCH3 is 1. The number of ether oxygens (including phenoxy) is 1. The Kier molecular flexibility index (Phi) is 4.26. The molecule has 4 heterocycles. The van der Waals surface area contributed by atoms with Gasteiger partial charge in [0, 0.05) is 37.3 Å². The average molecular weight is 413 g/mol. The van der Waals surface area contributed by atoms with E-state index in [9.17, 15) is 8.42 Å². The minimum absolute atomic E-state index is 0.0150. The van der Waals surface area contributed by atoms with Crippen molar-refractivity contribution in [3.8, 4) is 17.0 Å². The van der Waals surface area contributed by atoms with Crippen LogP contribution in [0.5, 0.6) is 5.88 Å². The molecule has 7 heteroatoms. The van der Waals surface area contributed by atoms with Crippen LogP contribution in [0.2, 0.25) is 0 Å². The van der Waals surface area contributed by atoms with Crippen LogP contribution >= 0.6 is 11.3 Å². The third-order valence-corrected chi connectivity index (χ3v) is 8.71. The van der Waals surface area contributed by atoms with E-state index in [2.05, 4.69) is 26.7 Å². The summed E-state index contributed by atoms with van der Waals surface area (Å²) < 4.78 is 31.6. The van der Waals surface area contributed by atoms with Crippen LogP contribution in [0.15, 0.2) is 58.3 Å². The molecule has 5 nitrogen and oxygen atoms in total. The number of hydrogen-bond acceptors (Lipinski definition) is 6. The van der Waals surface area contributed by atoms with E-state index >= 15 is 0 Å². The fourth-order valence-corrected chi connectivity index (χ4v) is 7.29. The molecule has 3 aromatic rings. The van der Waals surface area contributed by atoms with E-state index in [1.54, 1.807) is 30.7 Å². The monoisotopic (exact) mass is 412 g/mol. The predicted molar refractivity (Wildman–Crippen MR) is 110 cm³/mol. The van der Waals surface area contributed by atoms with Gasteiger partial charge in [0.1, 0.15) is 0 Å². The molecule has 1 saturated heterocycles. The van der Waals surface area contributed by atoms with Crippen LogP contribution < -0.4 is 4.74 Å². The summed E-state index contributed by atoms with van der Waals surface area (Å²) in [5.74, 6) is 0.562. The first kappa shape index (κ1) is 17.8. The molecule has 1 fully saturated rings. The Morgan fingerprint density at radius 2 is 2.14 bits per heavy atom. The van der Waals surface area contributed by atoms with Gasteiger partial charge in [0.15, 0.2) is 9.84 Å². The van der Waals surface area contributed by atoms with Crippen LogP contribution in [0.3, 0.4) is 0 Å². The molecule has 0 radical (unpaired) electrons. The minimum atomic E-state index is -3.30. The van der Waals surface area contributed by atoms with Gasteiger partial charge in [0.2, 0.25) is 5.88 Å². The lowest BCUT2D eigenvalue weighted by Crippen LogP contribution is -2.25. The van der Waals surface area contributed by atoms with Crippen LogP contribution in [-0.2, 0) is 16.4 Å². The normalized spacial score (nSPS) is 22.8. The quantitative estimate of drug-likeness (QED) is 0.656. The SMILES string of the molecule is COc1ncccc1-c1ccc2c(c1)[C@@H]1CN(Cc3ccsc3)C[C@@H]1S2(=O)=O. The Morgan fingerprint density at radius 1 is 1.25 bits per heavy atom. The maximum Gasteiger partial charge on any atom is 0.221 e. The minimum Gasteiger partial charge on any atom is -0.481 e. The zero-order valence-corrected chi connectivity index (χ0v) is 17.0. The van der Waals surface area contributed by atoms with E-state index in [0.717, 1.165) is 29.8 Å². The van der Waals surface area contributed by atoms with Crippen molar-refractivity contribution in [1.82, 2.24) is 9.88 Å². The van der Waals surface area contributed by atoms with Gasteiger partial charge in [0.05, 0.1) is 17.3 Å². The number of fused-ring (bicyclic) bond motifs is 3. The summed E-state index contributed by atoms with van der Waals surface area (Å²) in [5, 5.41) is 3.84. The molecular formula is C21H20N2O3S2. The number of benzene rings is 1. The van der Waals surface area contributed by atoms with Gasteiger partial charge < -0.3 is 4.74 Å². The maximum atomic E-state index is 13.1. The van der Waals surface area contributed by atoms with E-state index in [1.807, 2.05) is 24.3 Å². The van der Waals surface area contributed by atoms with Crippen molar-refractivity contribution < 1.29 is 13.2 Å². The standard InChI is InChI=1S/C21H20N2O3S2/c1-26-21-16(3-2-7-22-21)15-4-5-19-17(9-15)18-11-23(10-14-6-8-27-13-14)12-20(18)28(19,24)25/h2-9,13,18,20H,10-12H2,1H3/t18-,20-/m0/s1. The number of thiophene rings is 1. The highest BCUT2D eigenvalue weighted by Gasteiger charge is 2.50. The lowest BCUT2D eigenvalue weighted by atomic mass is 9.95. The topological polar surface area (TPSA) is 59.5 Å². The summed E-state index contributed by atoms with van der Waals surface area (Å²) in [4.78, 5) is 7.02. The molecule has 0 aliphatic carbocycles. The summed E-state index contributed by atoms with van der Waals surface area (Å²) >= 11 is 1.67.